The number of oxazole rings is 5. The van der Waals surface area contributed by atoms with Crippen LogP contribution in [-0.2, 0) is 101 Å². The van der Waals surface area contributed by atoms with Crippen molar-refractivity contribution in [3.05, 3.63) is 375 Å². The van der Waals surface area contributed by atoms with E-state index in [0.29, 0.717) is 63.0 Å². The number of hydrogen-bond acceptors (Lipinski definition) is 20. The van der Waals surface area contributed by atoms with Crippen LogP contribution in [0.4, 0.5) is 0 Å². The summed E-state index contributed by atoms with van der Waals surface area (Å²) < 4.78 is 37.1. The third-order valence-corrected chi connectivity index (χ3v) is 22.8. The topological polar surface area (TPSA) is 284 Å². The Morgan fingerprint density at radius 1 is 0.250 bits per heavy atom. The van der Waals surface area contributed by atoms with Crippen LogP contribution in [0.1, 0.15) is 89.6 Å². The molecule has 0 aliphatic heterocycles. The average molecular weight is 2680 g/mol. The number of rotatable bonds is 15. The van der Waals surface area contributed by atoms with E-state index in [1.54, 1.807) is 31.6 Å². The number of benzene rings is 13. The van der Waals surface area contributed by atoms with Gasteiger partial charge in [0, 0.05) is 162 Å². The Kier molecular flexibility index (Phi) is 31.5. The molecule has 13 aromatic carbocycles. The van der Waals surface area contributed by atoms with Gasteiger partial charge in [-0.2, -0.15) is 25.5 Å². The van der Waals surface area contributed by atoms with E-state index < -0.39 is 0 Å². The van der Waals surface area contributed by atoms with Gasteiger partial charge in [0.15, 0.2) is 32.0 Å². The summed E-state index contributed by atoms with van der Waals surface area (Å²) in [5.74, 6) is 4.25. The van der Waals surface area contributed by atoms with E-state index >= 15 is 0 Å². The zero-order valence-corrected chi connectivity index (χ0v) is 87.0. The molecule has 136 heavy (non-hydrogen) atoms. The summed E-state index contributed by atoms with van der Waals surface area (Å²) >= 11 is 0. The monoisotopic (exact) mass is 2680 g/mol. The molecule has 0 saturated carbocycles. The van der Waals surface area contributed by atoms with Gasteiger partial charge >= 0.3 is 0 Å². The van der Waals surface area contributed by atoms with Gasteiger partial charge in [-0.05, 0) is 139 Å². The minimum absolute atomic E-state index is 0. The van der Waals surface area contributed by atoms with E-state index in [2.05, 4.69) is 308 Å². The molecule has 30 heteroatoms. The van der Waals surface area contributed by atoms with Crippen LogP contribution in [-0.4, -0.2) is 98.7 Å². The molecule has 0 unspecified atom stereocenters. The molecule has 10 heterocycles. The van der Waals surface area contributed by atoms with Crippen LogP contribution in [0, 0.1) is 78.8 Å². The Hall–Kier alpha value is -13.8. The first kappa shape index (κ1) is 98.2. The van der Waals surface area contributed by atoms with Gasteiger partial charge in [-0.1, -0.05) is 249 Å². The van der Waals surface area contributed by atoms with Crippen molar-refractivity contribution >= 4 is 55.5 Å². The quantitative estimate of drug-likeness (QED) is 0.0862. The van der Waals surface area contributed by atoms with Crippen LogP contribution in [0.3, 0.4) is 0 Å². The maximum absolute atomic E-state index is 5.50. The Bertz CT molecular complexity index is 7880. The maximum atomic E-state index is 5.50. The first-order valence-corrected chi connectivity index (χ1v) is 42.5. The largest absolute Gasteiger partial charge is 0.464 e. The fraction of sp³-hybridized carbons (Fsp3) is 0.123. The van der Waals surface area contributed by atoms with Gasteiger partial charge in [0.1, 0.15) is 31.6 Å². The molecule has 25 nitrogen and oxygen atoms in total. The fourth-order valence-electron chi connectivity index (χ4n) is 17.0. The summed E-state index contributed by atoms with van der Waals surface area (Å²) in [5, 5.41) is 42.6. The molecule has 0 N–H and O–H groups in total. The van der Waals surface area contributed by atoms with Crippen LogP contribution in [0.2, 0.25) is 0 Å². The zero-order valence-electron chi connectivity index (χ0n) is 75.0. The van der Waals surface area contributed by atoms with Crippen LogP contribution in [0.5, 0.6) is 0 Å². The summed E-state index contributed by atoms with van der Waals surface area (Å²) in [5.41, 5.74) is 34.0. The molecule has 10 aromatic heterocycles. The molecule has 5 radical (unpaired) electrons. The second-order valence-electron chi connectivity index (χ2n) is 32.1. The van der Waals surface area contributed by atoms with Crippen LogP contribution < -0.4 is 0 Å². The molecule has 0 aliphatic carbocycles. The van der Waals surface area contributed by atoms with Crippen molar-refractivity contribution in [1.82, 2.24) is 98.7 Å². The number of nitrogens with zero attached hydrogens (tertiary/aromatic N) is 20. The van der Waals surface area contributed by atoms with Crippen molar-refractivity contribution in [2.45, 2.75) is 88.0 Å². The van der Waals surface area contributed by atoms with Gasteiger partial charge in [-0.3, -0.25) is 24.9 Å². The second kappa shape index (κ2) is 43.7. The van der Waals surface area contributed by atoms with Crippen molar-refractivity contribution in [2.75, 3.05) is 0 Å². The van der Waals surface area contributed by atoms with Crippen LogP contribution in [0.25, 0.3) is 174 Å². The number of aryl methyl sites for hydroxylation is 7. The molecule has 687 valence electrons. The smallest absolute Gasteiger partial charge is 0.170 e. The van der Waals surface area contributed by atoms with E-state index in [1.807, 2.05) is 127 Å². The summed E-state index contributed by atoms with van der Waals surface area (Å²) in [6.45, 7) is 23.5. The Morgan fingerprint density at radius 3 is 0.809 bits per heavy atom. The van der Waals surface area contributed by atoms with Crippen molar-refractivity contribution in [3.63, 3.8) is 0 Å². The first-order chi connectivity index (χ1) is 64.1. The molecule has 0 spiro atoms. The second-order valence-corrected chi connectivity index (χ2v) is 32.1. The minimum Gasteiger partial charge on any atom is -0.464 e. The molecule has 0 atom stereocenters. The number of para-hydroxylation sites is 3. The molecular formula is C106H83Ir5N20O5-5. The summed E-state index contributed by atoms with van der Waals surface area (Å²) in [4.78, 5) is 21.6. The van der Waals surface area contributed by atoms with Gasteiger partial charge in [-0.25, -0.2) is 0 Å². The van der Waals surface area contributed by atoms with E-state index in [9.17, 15) is 0 Å². The Labute approximate surface area is 850 Å². The standard InChI is InChI=1S/C27H17N4O.C23H17N4O.C21H21N4O.C18H15N4O.C17H13N4O.5Ir/c1-3-9-19(10-4-1)21-13-7-14-22(20-11-5-2-6-12-20)26(21)31-17-29-30-27(31)23-15-8-16-24-25(23)28-18-32-24;1-15-11-18(17-7-4-3-5-8-17)12-16(2)22(15)27-13-25-26-23(27)19-9-6-10-20-21(19)24-14-28-20;1-13(2)15-7-5-8-16(14(3)4)20(15)25-11-23-24-21(25)17-9-6-10-18-19(17)22-12-26-18;1-11-7-12(2)17(13(3)8-11)22-9-20-21-18(22)14-5-4-6-15-16(14)19-10-23-15;1-11-5-3-6-12(2)16(11)21-9-19-20-17(21)13-7-4-8-14-15(13)18-10-22-14;;;;;/h1-14,16-18H;3-8,10-14H,1-2H3;5-8,10-14H,1-4H3;4,6-10H,1-3H3;3-6,8-10H,1-2H3;;;;;/q5*-1;;;;;. The third kappa shape index (κ3) is 19.7. The SMILES string of the molecule is CC(C)c1cccc(C(C)C)c1-n1cnnc1-c1[c-]ccc2ocnc12.Cc1cc(-c2ccccc2)cc(C)c1-n1cnnc1-c1[c-]ccc2ocnc12.Cc1cc(C)c(-n2cnnc2-c2[c-]ccc3ocnc23)c(C)c1.Cc1cccc(C)c1-n1cnnc1-c1[c-]ccc2ocnc12.[Ir].[Ir].[Ir].[Ir].[Ir].[c-]1ccc2ocnc2c1-c1nncn1-c1c(-c2ccccc2)cccc1-c1ccccc1. The third-order valence-electron chi connectivity index (χ3n) is 22.8. The molecule has 23 rings (SSSR count). The van der Waals surface area contributed by atoms with Crippen LogP contribution >= 0.6 is 0 Å². The van der Waals surface area contributed by atoms with Crippen molar-refractivity contribution in [3.8, 4) is 119 Å². The molecule has 0 aliphatic rings. The fourth-order valence-corrected chi connectivity index (χ4v) is 17.0. The first-order valence-electron chi connectivity index (χ1n) is 42.5. The van der Waals surface area contributed by atoms with E-state index in [1.165, 1.54) is 70.9 Å². The number of aromatic nitrogens is 20. The van der Waals surface area contributed by atoms with Crippen molar-refractivity contribution in [2.24, 2.45) is 0 Å². The number of hydrogen-bond donors (Lipinski definition) is 0. The molecule has 0 fully saturated rings. The molecule has 0 bridgehead atoms. The summed E-state index contributed by atoms with van der Waals surface area (Å²) in [6, 6.07) is 93.3. The zero-order chi connectivity index (χ0) is 89.8. The maximum Gasteiger partial charge on any atom is 0.170 e. The minimum atomic E-state index is 0. The van der Waals surface area contributed by atoms with Gasteiger partial charge in [0.2, 0.25) is 0 Å². The van der Waals surface area contributed by atoms with E-state index in [0.717, 1.165) is 134 Å². The van der Waals surface area contributed by atoms with Crippen molar-refractivity contribution < 1.29 is 123 Å². The summed E-state index contributed by atoms with van der Waals surface area (Å²) in [7, 11) is 0. The molecule has 23 aromatic rings. The van der Waals surface area contributed by atoms with Gasteiger partial charge in [-0.15, -0.1) is 86.2 Å². The molecular weight excluding hydrogens is 2590 g/mol. The van der Waals surface area contributed by atoms with Crippen LogP contribution in [0.15, 0.2) is 316 Å². The average Bonchev–Trinajstić information content (AvgIpc) is 1.61. The van der Waals surface area contributed by atoms with E-state index in [-0.39, 0.29) is 101 Å². The Morgan fingerprint density at radius 2 is 0.507 bits per heavy atom. The molecule has 0 amide bonds. The Balaban J connectivity index is 0.000000136. The normalized spacial score (nSPS) is 10.9. The molecule has 0 saturated heterocycles. The number of fused-ring (bicyclic) bond motifs is 5. The summed E-state index contributed by atoms with van der Waals surface area (Å²) in [6.07, 6.45) is 15.9. The van der Waals surface area contributed by atoms with E-state index in [4.69, 9.17) is 22.1 Å². The van der Waals surface area contributed by atoms with Crippen molar-refractivity contribution in [1.29, 1.82) is 0 Å². The predicted octanol–water partition coefficient (Wildman–Crippen LogP) is 23.8. The predicted molar refractivity (Wildman–Crippen MR) is 504 cm³/mol. The van der Waals surface area contributed by atoms with Gasteiger partial charge in [0.05, 0.1) is 62.7 Å². The van der Waals surface area contributed by atoms with Gasteiger partial charge < -0.3 is 44.9 Å². The van der Waals surface area contributed by atoms with Gasteiger partial charge in [0.25, 0.3) is 0 Å².